The van der Waals surface area contributed by atoms with Crippen LogP contribution in [0.15, 0.2) is 69.5 Å². The zero-order valence-electron chi connectivity index (χ0n) is 13.5. The Morgan fingerprint density at radius 1 is 0.750 bits per heavy atom. The molecule has 0 saturated carbocycles. The average molecular weight is 314 g/mol. The van der Waals surface area contributed by atoms with E-state index in [2.05, 4.69) is 35.8 Å². The van der Waals surface area contributed by atoms with Crippen molar-refractivity contribution in [3.05, 3.63) is 66.2 Å². The van der Waals surface area contributed by atoms with Gasteiger partial charge in [-0.3, -0.25) is 0 Å². The number of nitrogens with zero attached hydrogens (tertiary/aromatic N) is 1. The predicted molar refractivity (Wildman–Crippen MR) is 94.8 cm³/mol. The Morgan fingerprint density at radius 2 is 1.50 bits per heavy atom. The van der Waals surface area contributed by atoms with Gasteiger partial charge in [0.15, 0.2) is 5.58 Å². The van der Waals surface area contributed by atoms with E-state index >= 15 is 0 Å². The number of rotatable bonds is 1. The van der Waals surface area contributed by atoms with Gasteiger partial charge in [-0.25, -0.2) is 0 Å². The van der Waals surface area contributed by atoms with Gasteiger partial charge in [-0.15, -0.1) is 0 Å². The van der Waals surface area contributed by atoms with Crippen LogP contribution in [0.5, 0.6) is 0 Å². The Balaban J connectivity index is 1.94. The molecule has 0 bridgehead atoms. The molecule has 116 valence electrons. The second kappa shape index (κ2) is 4.71. The summed E-state index contributed by atoms with van der Waals surface area (Å²) in [7, 11) is 2.03. The molecular weight excluding hydrogens is 298 g/mol. The van der Waals surface area contributed by atoms with Gasteiger partial charge in [0.05, 0.1) is 0 Å². The Kier molecular flexibility index (Phi) is 2.63. The highest BCUT2D eigenvalue weighted by Gasteiger charge is 2.26. The molecule has 3 aromatic carbocycles. The number of fused-ring (bicyclic) bond motifs is 4. The normalized spacial score (nSPS) is 11.8. The van der Waals surface area contributed by atoms with E-state index in [0.29, 0.717) is 0 Å². The van der Waals surface area contributed by atoms with E-state index in [1.807, 2.05) is 43.4 Å². The molecule has 0 radical (unpaired) electrons. The van der Waals surface area contributed by atoms with Gasteiger partial charge in [-0.05, 0) is 24.6 Å². The first kappa shape index (κ1) is 13.4. The number of benzene rings is 3. The quantitative estimate of drug-likeness (QED) is 0.401. The minimum atomic E-state index is 0.818. The second-order valence-corrected chi connectivity index (χ2v) is 6.17. The van der Waals surface area contributed by atoms with Gasteiger partial charge in [-0.1, -0.05) is 42.5 Å². The summed E-state index contributed by atoms with van der Waals surface area (Å²) < 4.78 is 14.5. The van der Waals surface area contributed by atoms with Gasteiger partial charge in [0.25, 0.3) is 5.52 Å². The van der Waals surface area contributed by atoms with Crippen LogP contribution in [0.25, 0.3) is 44.5 Å². The van der Waals surface area contributed by atoms with Crippen LogP contribution in [-0.4, -0.2) is 0 Å². The first-order valence-corrected chi connectivity index (χ1v) is 8.03. The summed E-state index contributed by atoms with van der Waals surface area (Å²) in [6, 6.07) is 20.5. The lowest BCUT2D eigenvalue weighted by Gasteiger charge is -2.00. The average Bonchev–Trinajstić information content (AvgIpc) is 3.13. The van der Waals surface area contributed by atoms with Crippen LogP contribution in [0.4, 0.5) is 0 Å². The molecule has 0 amide bonds. The number of para-hydroxylation sites is 3. The highest BCUT2D eigenvalue weighted by atomic mass is 16.4. The van der Waals surface area contributed by atoms with Crippen molar-refractivity contribution < 1.29 is 13.4 Å². The molecule has 0 fully saturated rings. The Hall–Kier alpha value is -3.07. The molecule has 0 aliphatic heterocycles. The summed E-state index contributed by atoms with van der Waals surface area (Å²) in [6.07, 6.45) is 0. The summed E-state index contributed by atoms with van der Waals surface area (Å²) in [4.78, 5) is 0. The van der Waals surface area contributed by atoms with Crippen molar-refractivity contribution in [1.82, 2.24) is 0 Å². The Bertz CT molecular complexity index is 1230. The number of hydrogen-bond acceptors (Lipinski definition) is 2. The van der Waals surface area contributed by atoms with Crippen LogP contribution < -0.4 is 4.57 Å². The zero-order valence-corrected chi connectivity index (χ0v) is 13.5. The van der Waals surface area contributed by atoms with Crippen LogP contribution in [0.1, 0.15) is 5.56 Å². The van der Waals surface area contributed by atoms with E-state index in [1.54, 1.807) is 0 Å². The minimum Gasteiger partial charge on any atom is -0.455 e. The summed E-state index contributed by atoms with van der Waals surface area (Å²) >= 11 is 0. The van der Waals surface area contributed by atoms with E-state index in [0.717, 1.165) is 50.1 Å². The van der Waals surface area contributed by atoms with Crippen molar-refractivity contribution in [3.8, 4) is 11.5 Å². The largest absolute Gasteiger partial charge is 0.455 e. The van der Waals surface area contributed by atoms with Gasteiger partial charge in [0, 0.05) is 16.8 Å². The van der Waals surface area contributed by atoms with Crippen molar-refractivity contribution in [2.24, 2.45) is 7.05 Å². The smallest absolute Gasteiger partial charge is 0.385 e. The van der Waals surface area contributed by atoms with Crippen molar-refractivity contribution in [2.75, 3.05) is 0 Å². The summed E-state index contributed by atoms with van der Waals surface area (Å²) in [6.45, 7) is 2.09. The number of oxazole rings is 1. The molecule has 2 heterocycles. The molecule has 5 rings (SSSR count). The topological polar surface area (TPSA) is 30.2 Å². The summed E-state index contributed by atoms with van der Waals surface area (Å²) in [5, 5.41) is 2.25. The standard InChI is InChI=1S/C21H16NO2/c1-13-11-12-15-14-7-3-5-9-17(14)23-20(15)19(13)21-22(2)16-8-4-6-10-18(16)24-21/h3-12H,1-2H3/q+1. The molecule has 0 saturated heterocycles. The van der Waals surface area contributed by atoms with Gasteiger partial charge < -0.3 is 8.83 Å². The highest BCUT2D eigenvalue weighted by molar-refractivity contribution is 6.09. The van der Waals surface area contributed by atoms with Gasteiger partial charge in [-0.2, -0.15) is 4.57 Å². The SMILES string of the molecule is Cc1ccc2c(oc3ccccc32)c1-c1oc2ccccc2[n+]1C. The number of aryl methyl sites for hydroxylation is 2. The van der Waals surface area contributed by atoms with Crippen LogP contribution >= 0.6 is 0 Å². The van der Waals surface area contributed by atoms with Gasteiger partial charge in [0.1, 0.15) is 18.2 Å². The van der Waals surface area contributed by atoms with Crippen LogP contribution in [-0.2, 0) is 7.05 Å². The van der Waals surface area contributed by atoms with E-state index in [4.69, 9.17) is 8.83 Å². The lowest BCUT2D eigenvalue weighted by Crippen LogP contribution is -2.28. The monoisotopic (exact) mass is 314 g/mol. The molecule has 24 heavy (non-hydrogen) atoms. The van der Waals surface area contributed by atoms with Crippen molar-refractivity contribution in [3.63, 3.8) is 0 Å². The van der Waals surface area contributed by atoms with E-state index in [1.165, 1.54) is 0 Å². The molecule has 0 aliphatic carbocycles. The number of hydrogen-bond donors (Lipinski definition) is 0. The molecule has 0 unspecified atom stereocenters. The molecule has 3 heteroatoms. The number of aromatic nitrogens is 1. The molecular formula is C21H16NO2+. The zero-order chi connectivity index (χ0) is 16.3. The maximum absolute atomic E-state index is 6.20. The first-order chi connectivity index (χ1) is 11.7. The molecule has 0 spiro atoms. The van der Waals surface area contributed by atoms with Crippen LogP contribution in [0, 0.1) is 6.92 Å². The fraction of sp³-hybridized carbons (Fsp3) is 0.0952. The fourth-order valence-corrected chi connectivity index (χ4v) is 3.47. The van der Waals surface area contributed by atoms with Gasteiger partial charge in [0.2, 0.25) is 5.58 Å². The third-order valence-corrected chi connectivity index (χ3v) is 4.71. The van der Waals surface area contributed by atoms with Gasteiger partial charge >= 0.3 is 5.89 Å². The fourth-order valence-electron chi connectivity index (χ4n) is 3.47. The molecule has 3 nitrogen and oxygen atoms in total. The first-order valence-electron chi connectivity index (χ1n) is 8.03. The molecule has 5 aromatic rings. The van der Waals surface area contributed by atoms with E-state index < -0.39 is 0 Å². The Morgan fingerprint density at radius 3 is 2.33 bits per heavy atom. The maximum atomic E-state index is 6.20. The number of furan rings is 1. The third-order valence-electron chi connectivity index (χ3n) is 4.71. The molecule has 0 aliphatic rings. The second-order valence-electron chi connectivity index (χ2n) is 6.17. The minimum absolute atomic E-state index is 0.818. The lowest BCUT2D eigenvalue weighted by molar-refractivity contribution is -0.637. The molecule has 2 aromatic heterocycles. The maximum Gasteiger partial charge on any atom is 0.385 e. The van der Waals surface area contributed by atoms with Crippen molar-refractivity contribution in [1.29, 1.82) is 0 Å². The van der Waals surface area contributed by atoms with Crippen LogP contribution in [0.2, 0.25) is 0 Å². The highest BCUT2D eigenvalue weighted by Crippen LogP contribution is 2.37. The van der Waals surface area contributed by atoms with Crippen molar-refractivity contribution in [2.45, 2.75) is 6.92 Å². The van der Waals surface area contributed by atoms with Crippen LogP contribution in [0.3, 0.4) is 0 Å². The third kappa shape index (κ3) is 1.69. The molecule has 0 atom stereocenters. The molecule has 0 N–H and O–H groups in total. The predicted octanol–water partition coefficient (Wildman–Crippen LogP) is 5.13. The van der Waals surface area contributed by atoms with E-state index in [-0.39, 0.29) is 0 Å². The lowest BCUT2D eigenvalue weighted by atomic mass is 10.0. The summed E-state index contributed by atoms with van der Waals surface area (Å²) in [5.41, 5.74) is 5.88. The Labute approximate surface area is 138 Å². The van der Waals surface area contributed by atoms with Crippen molar-refractivity contribution >= 4 is 33.0 Å². The summed E-state index contributed by atoms with van der Waals surface area (Å²) in [5.74, 6) is 0.818. The van der Waals surface area contributed by atoms with E-state index in [9.17, 15) is 0 Å².